The summed E-state index contributed by atoms with van der Waals surface area (Å²) in [6.07, 6.45) is 7.76. The lowest BCUT2D eigenvalue weighted by atomic mass is 10.3. The number of unbranched alkanes of at least 4 members (excludes halogenated alkanes) is 1. The van der Waals surface area contributed by atoms with E-state index in [1.807, 2.05) is 52.6 Å². The monoisotopic (exact) mass is 390 g/mol. The second-order valence-electron chi connectivity index (χ2n) is 6.32. The Morgan fingerprint density at radius 3 is 2.50 bits per heavy atom. The van der Waals surface area contributed by atoms with Crippen LogP contribution in [0.3, 0.4) is 0 Å². The highest BCUT2D eigenvalue weighted by Gasteiger charge is 2.13. The molecule has 9 heteroatoms. The van der Waals surface area contributed by atoms with Crippen LogP contribution >= 0.6 is 0 Å². The Labute approximate surface area is 166 Å². The van der Waals surface area contributed by atoms with Crippen molar-refractivity contribution in [1.29, 1.82) is 0 Å². The summed E-state index contributed by atoms with van der Waals surface area (Å²) in [5.41, 5.74) is 1.55. The second kappa shape index (κ2) is 11.9. The summed E-state index contributed by atoms with van der Waals surface area (Å²) < 4.78 is 3.53. The molecule has 0 unspecified atom stereocenters. The molecule has 0 saturated heterocycles. The average Bonchev–Trinajstić information content (AvgIpc) is 3.28. The van der Waals surface area contributed by atoms with Gasteiger partial charge in [-0.3, -0.25) is 9.67 Å². The van der Waals surface area contributed by atoms with Gasteiger partial charge in [0.2, 0.25) is 0 Å². The quantitative estimate of drug-likeness (QED) is 0.558. The summed E-state index contributed by atoms with van der Waals surface area (Å²) in [5, 5.41) is 10.2. The number of rotatable bonds is 6. The van der Waals surface area contributed by atoms with Crippen LogP contribution in [0.1, 0.15) is 53.5 Å². The number of H-pyrrole nitrogens is 1. The highest BCUT2D eigenvalue weighted by Crippen LogP contribution is 2.22. The molecule has 0 bridgehead atoms. The normalized spacial score (nSPS) is 10.3. The van der Waals surface area contributed by atoms with Crippen molar-refractivity contribution in [2.24, 2.45) is 7.05 Å². The molecule has 0 amide bonds. The third-order valence-electron chi connectivity index (χ3n) is 3.75. The molecule has 0 saturated carbocycles. The first-order valence-corrected chi connectivity index (χ1v) is 9.83. The SMILES string of the molecule is CC.CC(C)n1cnc2c(Nc3cnn(C)c3)[nH]c(=O)nc21.CCCCNC. The van der Waals surface area contributed by atoms with Gasteiger partial charge in [-0.2, -0.15) is 10.1 Å². The third-order valence-corrected chi connectivity index (χ3v) is 3.75. The maximum atomic E-state index is 11.7. The highest BCUT2D eigenvalue weighted by molar-refractivity contribution is 5.84. The fraction of sp³-hybridized carbons (Fsp3) is 0.579. The van der Waals surface area contributed by atoms with Crippen molar-refractivity contribution in [3.8, 4) is 0 Å². The van der Waals surface area contributed by atoms with Gasteiger partial charge in [-0.05, 0) is 33.9 Å². The van der Waals surface area contributed by atoms with Crippen LogP contribution in [0.4, 0.5) is 11.5 Å². The minimum absolute atomic E-state index is 0.181. The van der Waals surface area contributed by atoms with Crippen molar-refractivity contribution in [2.75, 3.05) is 18.9 Å². The van der Waals surface area contributed by atoms with Gasteiger partial charge in [0.15, 0.2) is 5.65 Å². The molecule has 0 atom stereocenters. The summed E-state index contributed by atoms with van der Waals surface area (Å²) in [4.78, 5) is 22.7. The van der Waals surface area contributed by atoms with Crippen molar-refractivity contribution in [3.05, 3.63) is 29.2 Å². The number of hydrogen-bond donors (Lipinski definition) is 3. The molecule has 0 aromatic carbocycles. The summed E-state index contributed by atoms with van der Waals surface area (Å²) >= 11 is 0. The molecule has 156 valence electrons. The zero-order valence-corrected chi connectivity index (χ0v) is 18.1. The molecule has 0 fully saturated rings. The van der Waals surface area contributed by atoms with Gasteiger partial charge in [-0.1, -0.05) is 27.2 Å². The molecule has 0 spiro atoms. The molecule has 0 radical (unpaired) electrons. The van der Waals surface area contributed by atoms with Crippen molar-refractivity contribution in [1.82, 2.24) is 34.6 Å². The number of aryl methyl sites for hydroxylation is 1. The molecule has 0 aliphatic carbocycles. The summed E-state index contributed by atoms with van der Waals surface area (Å²) in [6.45, 7) is 11.4. The lowest BCUT2D eigenvalue weighted by molar-refractivity contribution is 0.612. The number of hydrogen-bond acceptors (Lipinski definition) is 6. The van der Waals surface area contributed by atoms with Crippen molar-refractivity contribution in [3.63, 3.8) is 0 Å². The Hall–Kier alpha value is -2.68. The van der Waals surface area contributed by atoms with Crippen LogP contribution in [0.2, 0.25) is 0 Å². The number of nitrogens with one attached hydrogen (secondary N) is 3. The van der Waals surface area contributed by atoms with Gasteiger partial charge in [0, 0.05) is 19.3 Å². The molecule has 0 aliphatic rings. The van der Waals surface area contributed by atoms with Crippen LogP contribution in [0.15, 0.2) is 23.5 Å². The molecule has 3 N–H and O–H groups in total. The fourth-order valence-electron chi connectivity index (χ4n) is 2.38. The zero-order valence-electron chi connectivity index (χ0n) is 18.1. The van der Waals surface area contributed by atoms with E-state index in [4.69, 9.17) is 0 Å². The Morgan fingerprint density at radius 1 is 1.29 bits per heavy atom. The van der Waals surface area contributed by atoms with E-state index in [1.54, 1.807) is 17.2 Å². The fourth-order valence-corrected chi connectivity index (χ4v) is 2.38. The van der Waals surface area contributed by atoms with E-state index in [2.05, 4.69) is 37.6 Å². The Balaban J connectivity index is 0.000000422. The van der Waals surface area contributed by atoms with Crippen molar-refractivity contribution < 1.29 is 0 Å². The number of nitrogens with zero attached hydrogens (tertiary/aromatic N) is 5. The predicted octanol–water partition coefficient (Wildman–Crippen LogP) is 3.21. The maximum absolute atomic E-state index is 11.7. The molecular weight excluding hydrogens is 356 g/mol. The first kappa shape index (κ1) is 23.4. The molecule has 9 nitrogen and oxygen atoms in total. The molecule has 3 aromatic heterocycles. The van der Waals surface area contributed by atoms with E-state index < -0.39 is 5.69 Å². The Morgan fingerprint density at radius 2 is 2.00 bits per heavy atom. The number of fused-ring (bicyclic) bond motifs is 1. The second-order valence-corrected chi connectivity index (χ2v) is 6.32. The summed E-state index contributed by atoms with van der Waals surface area (Å²) in [6, 6.07) is 0.181. The van der Waals surface area contributed by atoms with E-state index in [0.29, 0.717) is 17.0 Å². The number of anilines is 2. The summed E-state index contributed by atoms with van der Waals surface area (Å²) in [7, 11) is 3.80. The van der Waals surface area contributed by atoms with Gasteiger partial charge in [0.25, 0.3) is 0 Å². The van der Waals surface area contributed by atoms with E-state index in [0.717, 1.165) is 12.2 Å². The first-order valence-electron chi connectivity index (χ1n) is 9.83. The van der Waals surface area contributed by atoms with Crippen LogP contribution in [0.5, 0.6) is 0 Å². The molecule has 3 heterocycles. The lowest BCUT2D eigenvalue weighted by Gasteiger charge is -2.07. The molecule has 3 aromatic rings. The van der Waals surface area contributed by atoms with E-state index in [9.17, 15) is 4.79 Å². The van der Waals surface area contributed by atoms with Crippen LogP contribution in [0.25, 0.3) is 11.2 Å². The van der Waals surface area contributed by atoms with E-state index >= 15 is 0 Å². The first-order chi connectivity index (χ1) is 13.5. The Bertz CT molecular complexity index is 874. The van der Waals surface area contributed by atoms with Gasteiger partial charge in [-0.15, -0.1) is 0 Å². The van der Waals surface area contributed by atoms with Crippen LogP contribution < -0.4 is 16.3 Å². The zero-order chi connectivity index (χ0) is 21.1. The lowest BCUT2D eigenvalue weighted by Crippen LogP contribution is -2.14. The molecule has 28 heavy (non-hydrogen) atoms. The van der Waals surface area contributed by atoms with Crippen molar-refractivity contribution >= 4 is 22.7 Å². The number of imidazole rings is 1. The minimum atomic E-state index is -0.411. The number of aromatic amines is 1. The van der Waals surface area contributed by atoms with E-state index in [-0.39, 0.29) is 6.04 Å². The van der Waals surface area contributed by atoms with E-state index in [1.165, 1.54) is 12.8 Å². The predicted molar refractivity (Wildman–Crippen MR) is 115 cm³/mol. The van der Waals surface area contributed by atoms with Gasteiger partial charge >= 0.3 is 5.69 Å². The number of aromatic nitrogens is 6. The van der Waals surface area contributed by atoms with Gasteiger partial charge in [0.1, 0.15) is 11.3 Å². The molecular formula is C19H34N8O. The standard InChI is InChI=1S/C12H15N7O.C5H13N.C2H6/c1-7(2)19-6-13-9-10(16-12(20)17-11(9)19)15-8-4-14-18(3)5-8;1-3-4-5-6-2;1-2/h4-7H,1-3H3,(H2,15,16,17,20);6H,3-5H2,1-2H3;1-2H3. The van der Waals surface area contributed by atoms with Crippen LogP contribution in [-0.2, 0) is 7.05 Å². The maximum Gasteiger partial charge on any atom is 0.348 e. The van der Waals surface area contributed by atoms with Gasteiger partial charge < -0.3 is 15.2 Å². The van der Waals surface area contributed by atoms with Gasteiger partial charge in [0.05, 0.1) is 18.2 Å². The largest absolute Gasteiger partial charge is 0.348 e. The third kappa shape index (κ3) is 6.49. The minimum Gasteiger partial charge on any atom is -0.337 e. The summed E-state index contributed by atoms with van der Waals surface area (Å²) in [5.74, 6) is 0.521. The average molecular weight is 391 g/mol. The van der Waals surface area contributed by atoms with Gasteiger partial charge in [-0.25, -0.2) is 9.78 Å². The van der Waals surface area contributed by atoms with Crippen molar-refractivity contribution in [2.45, 2.75) is 53.5 Å². The Kier molecular flexibility index (Phi) is 9.94. The topological polar surface area (TPSA) is 105 Å². The highest BCUT2D eigenvalue weighted by atomic mass is 16.1. The van der Waals surface area contributed by atoms with Crippen LogP contribution in [0, 0.1) is 0 Å². The molecule has 3 rings (SSSR count). The molecule has 0 aliphatic heterocycles. The van der Waals surface area contributed by atoms with Crippen LogP contribution in [-0.4, -0.2) is 42.9 Å². The smallest absolute Gasteiger partial charge is 0.337 e.